The van der Waals surface area contributed by atoms with E-state index in [2.05, 4.69) is 5.32 Å². The molecule has 3 rings (SSSR count). The SMILES string of the molecule is C[C@@H](NC(=O)c1cccc(N2CCCCS2(=O)=O)c1)c1ccc(F)cc1. The van der Waals surface area contributed by atoms with Crippen LogP contribution in [0.15, 0.2) is 48.5 Å². The van der Waals surface area contributed by atoms with E-state index in [0.717, 1.165) is 12.0 Å². The largest absolute Gasteiger partial charge is 0.346 e. The van der Waals surface area contributed by atoms with E-state index in [-0.39, 0.29) is 23.5 Å². The topological polar surface area (TPSA) is 66.5 Å². The second-order valence-electron chi connectivity index (χ2n) is 6.39. The Hall–Kier alpha value is -2.41. The smallest absolute Gasteiger partial charge is 0.251 e. The molecule has 5 nitrogen and oxygen atoms in total. The van der Waals surface area contributed by atoms with E-state index < -0.39 is 10.0 Å². The molecule has 7 heteroatoms. The summed E-state index contributed by atoms with van der Waals surface area (Å²) in [4.78, 5) is 12.5. The number of sulfonamides is 1. The number of halogens is 1. The van der Waals surface area contributed by atoms with Crippen LogP contribution < -0.4 is 9.62 Å². The first-order valence-electron chi connectivity index (χ1n) is 8.53. The summed E-state index contributed by atoms with van der Waals surface area (Å²) in [5.74, 6) is -0.508. The molecule has 2 aromatic rings. The van der Waals surface area contributed by atoms with Gasteiger partial charge in [0.1, 0.15) is 5.82 Å². The molecule has 0 bridgehead atoms. The highest BCUT2D eigenvalue weighted by Gasteiger charge is 2.26. The van der Waals surface area contributed by atoms with E-state index in [9.17, 15) is 17.6 Å². The van der Waals surface area contributed by atoms with Crippen molar-refractivity contribution in [3.8, 4) is 0 Å². The number of benzene rings is 2. The molecule has 0 spiro atoms. The van der Waals surface area contributed by atoms with Crippen molar-refractivity contribution >= 4 is 21.6 Å². The van der Waals surface area contributed by atoms with E-state index in [0.29, 0.717) is 24.2 Å². The van der Waals surface area contributed by atoms with Crippen LogP contribution in [0.25, 0.3) is 0 Å². The van der Waals surface area contributed by atoms with E-state index >= 15 is 0 Å². The van der Waals surface area contributed by atoms with Gasteiger partial charge in [-0.25, -0.2) is 12.8 Å². The molecule has 1 saturated heterocycles. The van der Waals surface area contributed by atoms with Crippen molar-refractivity contribution in [2.24, 2.45) is 0 Å². The molecule has 2 aromatic carbocycles. The molecule has 1 atom stereocenters. The molecular weight excluding hydrogens is 355 g/mol. The Bertz CT molecular complexity index is 897. The first-order valence-corrected chi connectivity index (χ1v) is 10.1. The van der Waals surface area contributed by atoms with Crippen molar-refractivity contribution in [3.05, 3.63) is 65.5 Å². The Morgan fingerprint density at radius 2 is 1.88 bits per heavy atom. The summed E-state index contributed by atoms with van der Waals surface area (Å²) in [6.45, 7) is 2.24. The summed E-state index contributed by atoms with van der Waals surface area (Å²) in [5.41, 5.74) is 1.68. The summed E-state index contributed by atoms with van der Waals surface area (Å²) in [6.07, 6.45) is 1.46. The van der Waals surface area contributed by atoms with E-state index in [4.69, 9.17) is 0 Å². The Balaban J connectivity index is 1.77. The van der Waals surface area contributed by atoms with Gasteiger partial charge in [0, 0.05) is 12.1 Å². The summed E-state index contributed by atoms with van der Waals surface area (Å²) in [7, 11) is -3.32. The molecule has 0 aliphatic carbocycles. The molecule has 1 aliphatic rings. The monoisotopic (exact) mass is 376 g/mol. The molecule has 0 saturated carbocycles. The second kappa shape index (κ2) is 7.45. The van der Waals surface area contributed by atoms with Crippen molar-refractivity contribution in [1.82, 2.24) is 5.32 Å². The Kier molecular flexibility index (Phi) is 5.27. The fraction of sp³-hybridized carbons (Fsp3) is 0.316. The Labute approximate surface area is 152 Å². The van der Waals surface area contributed by atoms with Gasteiger partial charge in [-0.15, -0.1) is 0 Å². The van der Waals surface area contributed by atoms with Crippen LogP contribution in [0.4, 0.5) is 10.1 Å². The molecular formula is C19H21FN2O3S. The average Bonchev–Trinajstić information content (AvgIpc) is 2.62. The molecule has 138 valence electrons. The van der Waals surface area contributed by atoms with Crippen LogP contribution in [-0.2, 0) is 10.0 Å². The van der Waals surface area contributed by atoms with E-state index in [1.807, 2.05) is 6.92 Å². The van der Waals surface area contributed by atoms with Crippen molar-refractivity contribution in [1.29, 1.82) is 0 Å². The minimum atomic E-state index is -3.32. The van der Waals surface area contributed by atoms with Gasteiger partial charge in [0.05, 0.1) is 17.5 Å². The number of nitrogens with zero attached hydrogens (tertiary/aromatic N) is 1. The minimum absolute atomic E-state index is 0.130. The van der Waals surface area contributed by atoms with Gasteiger partial charge in [-0.1, -0.05) is 18.2 Å². The summed E-state index contributed by atoms with van der Waals surface area (Å²) in [6, 6.07) is 12.3. The predicted molar refractivity (Wildman–Crippen MR) is 99.1 cm³/mol. The number of hydrogen-bond acceptors (Lipinski definition) is 3. The fourth-order valence-corrected chi connectivity index (χ4v) is 4.63. The highest BCUT2D eigenvalue weighted by atomic mass is 32.2. The number of hydrogen-bond donors (Lipinski definition) is 1. The summed E-state index contributed by atoms with van der Waals surface area (Å²) < 4.78 is 38.9. The molecule has 0 aromatic heterocycles. The van der Waals surface area contributed by atoms with Gasteiger partial charge in [-0.05, 0) is 55.7 Å². The van der Waals surface area contributed by atoms with Crippen LogP contribution in [0.2, 0.25) is 0 Å². The van der Waals surface area contributed by atoms with Crippen molar-refractivity contribution in [3.63, 3.8) is 0 Å². The lowest BCUT2D eigenvalue weighted by Gasteiger charge is -2.28. The molecule has 1 amide bonds. The predicted octanol–water partition coefficient (Wildman–Crippen LogP) is 3.25. The van der Waals surface area contributed by atoms with Crippen LogP contribution in [0, 0.1) is 5.82 Å². The molecule has 1 N–H and O–H groups in total. The van der Waals surface area contributed by atoms with Crippen LogP contribution in [-0.4, -0.2) is 26.6 Å². The molecule has 26 heavy (non-hydrogen) atoms. The maximum absolute atomic E-state index is 13.0. The number of carbonyl (C=O) groups excluding carboxylic acids is 1. The maximum Gasteiger partial charge on any atom is 0.251 e. The minimum Gasteiger partial charge on any atom is -0.346 e. The highest BCUT2D eigenvalue weighted by Crippen LogP contribution is 2.24. The molecule has 1 fully saturated rings. The Morgan fingerprint density at radius 3 is 2.58 bits per heavy atom. The van der Waals surface area contributed by atoms with Gasteiger partial charge in [0.25, 0.3) is 5.91 Å². The Morgan fingerprint density at radius 1 is 1.15 bits per heavy atom. The first-order chi connectivity index (χ1) is 12.4. The highest BCUT2D eigenvalue weighted by molar-refractivity contribution is 7.92. The van der Waals surface area contributed by atoms with Crippen LogP contribution in [0.5, 0.6) is 0 Å². The van der Waals surface area contributed by atoms with Gasteiger partial charge in [-0.2, -0.15) is 0 Å². The molecule has 0 unspecified atom stereocenters. The third-order valence-corrected chi connectivity index (χ3v) is 6.33. The zero-order valence-corrected chi connectivity index (χ0v) is 15.3. The fourth-order valence-electron chi connectivity index (χ4n) is 3.00. The van der Waals surface area contributed by atoms with Crippen LogP contribution in [0.3, 0.4) is 0 Å². The number of anilines is 1. The standard InChI is InChI=1S/C19H21FN2O3S/c1-14(15-7-9-17(20)10-8-15)21-19(23)16-5-4-6-18(13-16)22-11-2-3-12-26(22,24)25/h4-10,13-14H,2-3,11-12H2,1H3,(H,21,23)/t14-/m1/s1. The first kappa shape index (κ1) is 18.4. The van der Waals surface area contributed by atoms with Crippen molar-refractivity contribution < 1.29 is 17.6 Å². The molecule has 1 heterocycles. The third-order valence-electron chi connectivity index (χ3n) is 4.46. The quantitative estimate of drug-likeness (QED) is 0.891. The van der Waals surface area contributed by atoms with Crippen LogP contribution >= 0.6 is 0 Å². The van der Waals surface area contributed by atoms with Crippen molar-refractivity contribution in [2.75, 3.05) is 16.6 Å². The molecule has 0 radical (unpaired) electrons. The van der Waals surface area contributed by atoms with Gasteiger partial charge >= 0.3 is 0 Å². The van der Waals surface area contributed by atoms with Gasteiger partial charge in [0.2, 0.25) is 10.0 Å². The van der Waals surface area contributed by atoms with Gasteiger partial charge in [0.15, 0.2) is 0 Å². The van der Waals surface area contributed by atoms with Crippen molar-refractivity contribution in [2.45, 2.75) is 25.8 Å². The lowest BCUT2D eigenvalue weighted by atomic mass is 10.1. The van der Waals surface area contributed by atoms with Gasteiger partial charge in [-0.3, -0.25) is 9.10 Å². The maximum atomic E-state index is 13.0. The van der Waals surface area contributed by atoms with Crippen LogP contribution in [0.1, 0.15) is 41.7 Å². The molecule has 1 aliphatic heterocycles. The summed E-state index contributed by atoms with van der Waals surface area (Å²) >= 11 is 0. The van der Waals surface area contributed by atoms with Gasteiger partial charge < -0.3 is 5.32 Å². The zero-order chi connectivity index (χ0) is 18.7. The number of nitrogens with one attached hydrogen (secondary N) is 1. The van der Waals surface area contributed by atoms with E-state index in [1.54, 1.807) is 36.4 Å². The lowest BCUT2D eigenvalue weighted by molar-refractivity contribution is 0.0940. The third kappa shape index (κ3) is 4.04. The zero-order valence-electron chi connectivity index (χ0n) is 14.5. The lowest BCUT2D eigenvalue weighted by Crippen LogP contribution is -2.38. The average molecular weight is 376 g/mol. The number of rotatable bonds is 4. The normalized spacial score (nSPS) is 17.5. The number of amides is 1. The summed E-state index contributed by atoms with van der Waals surface area (Å²) in [5, 5.41) is 2.85. The second-order valence-corrected chi connectivity index (χ2v) is 8.41. The number of carbonyl (C=O) groups is 1. The van der Waals surface area contributed by atoms with E-state index in [1.165, 1.54) is 16.4 Å².